The van der Waals surface area contributed by atoms with Crippen molar-refractivity contribution in [2.45, 2.75) is 38.8 Å². The van der Waals surface area contributed by atoms with Gasteiger partial charge in [0, 0.05) is 30.5 Å². The number of pyridine rings is 1. The fourth-order valence-electron chi connectivity index (χ4n) is 2.33. The van der Waals surface area contributed by atoms with Crippen LogP contribution in [0.3, 0.4) is 0 Å². The van der Waals surface area contributed by atoms with Gasteiger partial charge in [0.15, 0.2) is 0 Å². The Morgan fingerprint density at radius 3 is 2.71 bits per heavy atom. The first kappa shape index (κ1) is 15.7. The summed E-state index contributed by atoms with van der Waals surface area (Å²) in [5.41, 5.74) is 3.34. The molecule has 3 nitrogen and oxygen atoms in total. The lowest BCUT2D eigenvalue weighted by atomic mass is 9.94. The molecule has 1 unspecified atom stereocenters. The predicted octanol–water partition coefficient (Wildman–Crippen LogP) is 3.39. The highest BCUT2D eigenvalue weighted by Gasteiger charge is 2.20. The average molecular weight is 284 g/mol. The van der Waals surface area contributed by atoms with E-state index in [4.69, 9.17) is 0 Å². The second-order valence-electron chi connectivity index (χ2n) is 5.66. The molecule has 1 atom stereocenters. The van der Waals surface area contributed by atoms with Crippen LogP contribution in [0, 0.1) is 0 Å². The van der Waals surface area contributed by atoms with Gasteiger partial charge in [-0.1, -0.05) is 31.2 Å². The van der Waals surface area contributed by atoms with Gasteiger partial charge in [-0.05, 0) is 43.5 Å². The summed E-state index contributed by atoms with van der Waals surface area (Å²) in [6.07, 6.45) is 3.58. The van der Waals surface area contributed by atoms with E-state index in [1.54, 1.807) is 0 Å². The molecular formula is C18H24N2O. The van der Waals surface area contributed by atoms with E-state index in [9.17, 15) is 5.11 Å². The van der Waals surface area contributed by atoms with Crippen LogP contribution in [0.2, 0.25) is 0 Å². The summed E-state index contributed by atoms with van der Waals surface area (Å²) in [5, 5.41) is 12.7. The highest BCUT2D eigenvalue weighted by Crippen LogP contribution is 2.19. The van der Waals surface area contributed by atoms with Crippen molar-refractivity contribution in [1.29, 1.82) is 0 Å². The molecule has 0 aliphatic heterocycles. The van der Waals surface area contributed by atoms with Gasteiger partial charge in [0.1, 0.15) is 0 Å². The lowest BCUT2D eigenvalue weighted by molar-refractivity contribution is 0.214. The molecule has 0 bridgehead atoms. The standard InChI is InChI=1S/C18H24N2O/c1-3-18(2,10-12-21)20-14-15-7-6-8-16(13-15)17-9-4-5-11-19-17/h4-9,11,13,20-21H,3,10,12,14H2,1-2H3. The smallest absolute Gasteiger partial charge is 0.0702 e. The number of nitrogens with zero attached hydrogens (tertiary/aromatic N) is 1. The van der Waals surface area contributed by atoms with E-state index in [2.05, 4.69) is 48.4 Å². The molecule has 2 aromatic rings. The van der Waals surface area contributed by atoms with Crippen LogP contribution in [0.4, 0.5) is 0 Å². The van der Waals surface area contributed by atoms with Crippen LogP contribution in [0.15, 0.2) is 48.7 Å². The van der Waals surface area contributed by atoms with Crippen molar-refractivity contribution in [2.75, 3.05) is 6.61 Å². The molecule has 1 aromatic carbocycles. The third-order valence-electron chi connectivity index (χ3n) is 4.05. The third kappa shape index (κ3) is 4.38. The third-order valence-corrected chi connectivity index (χ3v) is 4.05. The summed E-state index contributed by atoms with van der Waals surface area (Å²) in [6, 6.07) is 14.4. The second kappa shape index (κ2) is 7.34. The maximum atomic E-state index is 9.17. The van der Waals surface area contributed by atoms with Crippen molar-refractivity contribution in [3.8, 4) is 11.3 Å². The maximum absolute atomic E-state index is 9.17. The molecule has 1 heterocycles. The number of hydrogen-bond donors (Lipinski definition) is 2. The van der Waals surface area contributed by atoms with Gasteiger partial charge < -0.3 is 10.4 Å². The molecule has 0 spiro atoms. The number of aliphatic hydroxyl groups is 1. The Bertz CT molecular complexity index is 556. The first-order valence-corrected chi connectivity index (χ1v) is 7.53. The van der Waals surface area contributed by atoms with Crippen molar-refractivity contribution < 1.29 is 5.11 Å². The first-order chi connectivity index (χ1) is 10.2. The first-order valence-electron chi connectivity index (χ1n) is 7.53. The van der Waals surface area contributed by atoms with E-state index in [0.717, 1.165) is 30.6 Å². The van der Waals surface area contributed by atoms with Crippen molar-refractivity contribution >= 4 is 0 Å². The molecule has 21 heavy (non-hydrogen) atoms. The van der Waals surface area contributed by atoms with Gasteiger partial charge in [-0.15, -0.1) is 0 Å². The average Bonchev–Trinajstić information content (AvgIpc) is 2.54. The topological polar surface area (TPSA) is 45.1 Å². The van der Waals surface area contributed by atoms with Crippen LogP contribution >= 0.6 is 0 Å². The van der Waals surface area contributed by atoms with Gasteiger partial charge in [-0.3, -0.25) is 4.98 Å². The number of benzene rings is 1. The largest absolute Gasteiger partial charge is 0.396 e. The van der Waals surface area contributed by atoms with Crippen LogP contribution in [0.5, 0.6) is 0 Å². The molecule has 2 rings (SSSR count). The summed E-state index contributed by atoms with van der Waals surface area (Å²) in [5.74, 6) is 0. The second-order valence-corrected chi connectivity index (χ2v) is 5.66. The van der Waals surface area contributed by atoms with Gasteiger partial charge in [0.25, 0.3) is 0 Å². The molecule has 0 saturated heterocycles. The zero-order chi connectivity index (χ0) is 15.1. The van der Waals surface area contributed by atoms with E-state index >= 15 is 0 Å². The minimum Gasteiger partial charge on any atom is -0.396 e. The maximum Gasteiger partial charge on any atom is 0.0702 e. The van der Waals surface area contributed by atoms with E-state index in [0.29, 0.717) is 0 Å². The number of hydrogen-bond acceptors (Lipinski definition) is 3. The van der Waals surface area contributed by atoms with Gasteiger partial charge in [0.05, 0.1) is 5.69 Å². The Labute approximate surface area is 127 Å². The van der Waals surface area contributed by atoms with E-state index < -0.39 is 0 Å². The Morgan fingerprint density at radius 1 is 1.19 bits per heavy atom. The Hall–Kier alpha value is -1.71. The molecule has 112 valence electrons. The lowest BCUT2D eigenvalue weighted by Crippen LogP contribution is -2.42. The summed E-state index contributed by atoms with van der Waals surface area (Å²) in [6.45, 7) is 5.31. The summed E-state index contributed by atoms with van der Waals surface area (Å²) < 4.78 is 0. The summed E-state index contributed by atoms with van der Waals surface area (Å²) in [7, 11) is 0. The number of aliphatic hydroxyl groups excluding tert-OH is 1. The molecule has 0 aliphatic carbocycles. The van der Waals surface area contributed by atoms with Crippen molar-refractivity contribution in [2.24, 2.45) is 0 Å². The fraction of sp³-hybridized carbons (Fsp3) is 0.389. The van der Waals surface area contributed by atoms with Crippen LogP contribution in [0.25, 0.3) is 11.3 Å². The Kier molecular flexibility index (Phi) is 5.48. The molecule has 0 saturated carbocycles. The van der Waals surface area contributed by atoms with Gasteiger partial charge in [0.2, 0.25) is 0 Å². The summed E-state index contributed by atoms with van der Waals surface area (Å²) in [4.78, 5) is 4.39. The zero-order valence-electron chi connectivity index (χ0n) is 12.8. The van der Waals surface area contributed by atoms with Crippen molar-refractivity contribution in [1.82, 2.24) is 10.3 Å². The van der Waals surface area contributed by atoms with E-state index in [1.807, 2.05) is 24.4 Å². The van der Waals surface area contributed by atoms with Crippen molar-refractivity contribution in [3.05, 3.63) is 54.2 Å². The van der Waals surface area contributed by atoms with E-state index in [-0.39, 0.29) is 12.1 Å². The zero-order valence-corrected chi connectivity index (χ0v) is 12.8. The number of nitrogens with one attached hydrogen (secondary N) is 1. The van der Waals surface area contributed by atoms with Crippen LogP contribution in [-0.4, -0.2) is 22.2 Å². The van der Waals surface area contributed by atoms with Gasteiger partial charge in [-0.2, -0.15) is 0 Å². The molecule has 2 N–H and O–H groups in total. The molecule has 0 amide bonds. The SMILES string of the molecule is CCC(C)(CCO)NCc1cccc(-c2ccccn2)c1. The normalized spacial score (nSPS) is 13.9. The van der Waals surface area contributed by atoms with Crippen LogP contribution in [-0.2, 0) is 6.54 Å². The minimum absolute atomic E-state index is 0.0181. The minimum atomic E-state index is -0.0181. The molecule has 0 fully saturated rings. The highest BCUT2D eigenvalue weighted by molar-refractivity contribution is 5.59. The Morgan fingerprint density at radius 2 is 2.05 bits per heavy atom. The monoisotopic (exact) mass is 284 g/mol. The predicted molar refractivity (Wildman–Crippen MR) is 86.9 cm³/mol. The van der Waals surface area contributed by atoms with Gasteiger partial charge in [-0.25, -0.2) is 0 Å². The van der Waals surface area contributed by atoms with Crippen LogP contribution in [0.1, 0.15) is 32.3 Å². The van der Waals surface area contributed by atoms with Crippen LogP contribution < -0.4 is 5.32 Å². The molecule has 0 radical (unpaired) electrons. The summed E-state index contributed by atoms with van der Waals surface area (Å²) >= 11 is 0. The van der Waals surface area contributed by atoms with Gasteiger partial charge >= 0.3 is 0 Å². The lowest BCUT2D eigenvalue weighted by Gasteiger charge is -2.29. The Balaban J connectivity index is 2.08. The fourth-order valence-corrected chi connectivity index (χ4v) is 2.33. The van der Waals surface area contributed by atoms with E-state index in [1.165, 1.54) is 5.56 Å². The molecular weight excluding hydrogens is 260 g/mol. The molecule has 1 aromatic heterocycles. The highest BCUT2D eigenvalue weighted by atomic mass is 16.3. The number of aromatic nitrogens is 1. The number of rotatable bonds is 7. The quantitative estimate of drug-likeness (QED) is 0.819. The molecule has 0 aliphatic rings. The molecule has 3 heteroatoms. The van der Waals surface area contributed by atoms with Crippen molar-refractivity contribution in [3.63, 3.8) is 0 Å².